The summed E-state index contributed by atoms with van der Waals surface area (Å²) >= 11 is 6.21. The van der Waals surface area contributed by atoms with E-state index in [0.717, 1.165) is 5.56 Å². The quantitative estimate of drug-likeness (QED) is 0.849. The summed E-state index contributed by atoms with van der Waals surface area (Å²) in [6.07, 6.45) is -0.182. The van der Waals surface area contributed by atoms with Crippen molar-refractivity contribution in [1.82, 2.24) is 4.90 Å². The Morgan fingerprint density at radius 1 is 1.41 bits per heavy atom. The van der Waals surface area contributed by atoms with Crippen molar-refractivity contribution in [3.05, 3.63) is 28.8 Å². The van der Waals surface area contributed by atoms with Crippen molar-refractivity contribution in [1.29, 1.82) is 0 Å². The molecule has 0 aromatic heterocycles. The molecule has 0 bridgehead atoms. The van der Waals surface area contributed by atoms with Crippen LogP contribution in [0.4, 0.5) is 0 Å². The van der Waals surface area contributed by atoms with Gasteiger partial charge in [0.05, 0.1) is 31.1 Å². The van der Waals surface area contributed by atoms with Crippen molar-refractivity contribution < 1.29 is 19.1 Å². The van der Waals surface area contributed by atoms with Crippen molar-refractivity contribution in [2.75, 3.05) is 33.4 Å². The molecular weight excluding hydrogens is 308 g/mol. The van der Waals surface area contributed by atoms with Gasteiger partial charge in [-0.3, -0.25) is 4.79 Å². The minimum Gasteiger partial charge on any atom is -0.497 e. The molecule has 1 fully saturated rings. The van der Waals surface area contributed by atoms with Crippen LogP contribution in [0.2, 0.25) is 5.02 Å². The Morgan fingerprint density at radius 3 is 2.91 bits per heavy atom. The lowest BCUT2D eigenvalue weighted by Crippen LogP contribution is -2.45. The standard InChI is InChI=1S/C15H17ClN2O4/c1-20-10-2-3-12(16)11(8-10)13-9-14(22-17-13)15(19)18-4-6-21-7-5-18/h2-3,8,14H,4-7,9H2,1H3/t14-/m0/s1. The summed E-state index contributed by atoms with van der Waals surface area (Å²) in [6.45, 7) is 2.31. The minimum absolute atomic E-state index is 0.0546. The predicted octanol–water partition coefficient (Wildman–Crippen LogP) is 1.70. The van der Waals surface area contributed by atoms with Gasteiger partial charge in [-0.25, -0.2) is 0 Å². The SMILES string of the molecule is COc1ccc(Cl)c(C2=NO[C@H](C(=O)N3CCOCC3)C2)c1. The number of methoxy groups -OCH3 is 1. The van der Waals surface area contributed by atoms with E-state index in [1.54, 1.807) is 30.2 Å². The molecule has 7 heteroatoms. The average molecular weight is 325 g/mol. The highest BCUT2D eigenvalue weighted by atomic mass is 35.5. The zero-order valence-electron chi connectivity index (χ0n) is 12.3. The lowest BCUT2D eigenvalue weighted by Gasteiger charge is -2.28. The summed E-state index contributed by atoms with van der Waals surface area (Å²) in [5, 5.41) is 4.60. The number of morpholine rings is 1. The largest absolute Gasteiger partial charge is 0.497 e. The fourth-order valence-electron chi connectivity index (χ4n) is 2.51. The zero-order valence-corrected chi connectivity index (χ0v) is 13.0. The number of hydrogen-bond acceptors (Lipinski definition) is 5. The monoisotopic (exact) mass is 324 g/mol. The first-order valence-corrected chi connectivity index (χ1v) is 7.50. The number of carbonyl (C=O) groups excluding carboxylic acids is 1. The molecule has 1 aromatic carbocycles. The van der Waals surface area contributed by atoms with Crippen molar-refractivity contribution in [2.45, 2.75) is 12.5 Å². The van der Waals surface area contributed by atoms with Gasteiger partial charge in [0.1, 0.15) is 5.75 Å². The topological polar surface area (TPSA) is 60.4 Å². The molecule has 6 nitrogen and oxygen atoms in total. The summed E-state index contributed by atoms with van der Waals surface area (Å²) in [7, 11) is 1.59. The molecule has 0 radical (unpaired) electrons. The minimum atomic E-state index is -0.588. The van der Waals surface area contributed by atoms with Crippen LogP contribution in [0.15, 0.2) is 23.4 Å². The third kappa shape index (κ3) is 3.03. The Morgan fingerprint density at radius 2 is 2.18 bits per heavy atom. The molecular formula is C15H17ClN2O4. The molecule has 0 saturated carbocycles. The van der Waals surface area contributed by atoms with Crippen molar-refractivity contribution in [3.63, 3.8) is 0 Å². The lowest BCUT2D eigenvalue weighted by atomic mass is 10.0. The highest BCUT2D eigenvalue weighted by Gasteiger charge is 2.33. The predicted molar refractivity (Wildman–Crippen MR) is 81.4 cm³/mol. The molecule has 0 N–H and O–H groups in total. The Kier molecular flexibility index (Phi) is 4.49. The number of benzene rings is 1. The average Bonchev–Trinajstić information content (AvgIpc) is 3.05. The summed E-state index contributed by atoms with van der Waals surface area (Å²) in [5.41, 5.74) is 1.40. The number of amides is 1. The molecule has 1 saturated heterocycles. The van der Waals surface area contributed by atoms with Gasteiger partial charge >= 0.3 is 0 Å². The van der Waals surface area contributed by atoms with E-state index in [1.165, 1.54) is 0 Å². The van der Waals surface area contributed by atoms with E-state index in [4.69, 9.17) is 25.9 Å². The third-order valence-electron chi connectivity index (χ3n) is 3.75. The fourth-order valence-corrected chi connectivity index (χ4v) is 2.74. The van der Waals surface area contributed by atoms with E-state index in [9.17, 15) is 4.79 Å². The van der Waals surface area contributed by atoms with E-state index in [0.29, 0.717) is 49.2 Å². The first kappa shape index (κ1) is 15.1. The van der Waals surface area contributed by atoms with Gasteiger partial charge in [-0.2, -0.15) is 0 Å². The first-order valence-electron chi connectivity index (χ1n) is 7.12. The number of halogens is 1. The van der Waals surface area contributed by atoms with E-state index >= 15 is 0 Å². The summed E-state index contributed by atoms with van der Waals surface area (Å²) in [5.74, 6) is 0.631. The van der Waals surface area contributed by atoms with E-state index in [1.807, 2.05) is 0 Å². The van der Waals surface area contributed by atoms with Gasteiger partial charge in [0.15, 0.2) is 0 Å². The van der Waals surface area contributed by atoms with Crippen LogP contribution in [0.25, 0.3) is 0 Å². The van der Waals surface area contributed by atoms with Gasteiger partial charge in [-0.1, -0.05) is 16.8 Å². The highest BCUT2D eigenvalue weighted by Crippen LogP contribution is 2.27. The number of hydrogen-bond donors (Lipinski definition) is 0. The molecule has 1 amide bonds. The summed E-state index contributed by atoms with van der Waals surface area (Å²) in [4.78, 5) is 19.5. The number of oxime groups is 1. The van der Waals surface area contributed by atoms with Crippen LogP contribution in [-0.2, 0) is 14.4 Å². The Labute approximate surface area is 133 Å². The molecule has 1 atom stereocenters. The van der Waals surface area contributed by atoms with Gasteiger partial charge in [0, 0.05) is 25.1 Å². The molecule has 2 aliphatic rings. The van der Waals surface area contributed by atoms with E-state index in [2.05, 4.69) is 5.16 Å². The number of carbonyl (C=O) groups is 1. The van der Waals surface area contributed by atoms with Crippen molar-refractivity contribution >= 4 is 23.2 Å². The Balaban J connectivity index is 1.70. The summed E-state index contributed by atoms with van der Waals surface area (Å²) in [6, 6.07) is 5.32. The number of rotatable bonds is 3. The smallest absolute Gasteiger partial charge is 0.267 e. The van der Waals surface area contributed by atoms with Gasteiger partial charge in [-0.05, 0) is 18.2 Å². The van der Waals surface area contributed by atoms with Crippen LogP contribution in [-0.4, -0.2) is 56.0 Å². The van der Waals surface area contributed by atoms with Crippen molar-refractivity contribution in [2.24, 2.45) is 5.16 Å². The molecule has 2 aliphatic heterocycles. The van der Waals surface area contributed by atoms with Gasteiger partial charge in [-0.15, -0.1) is 0 Å². The second-order valence-corrected chi connectivity index (χ2v) is 5.53. The molecule has 3 rings (SSSR count). The zero-order chi connectivity index (χ0) is 15.5. The maximum Gasteiger partial charge on any atom is 0.267 e. The van der Waals surface area contributed by atoms with E-state index in [-0.39, 0.29) is 5.91 Å². The van der Waals surface area contributed by atoms with Crippen LogP contribution in [0.5, 0.6) is 5.75 Å². The van der Waals surface area contributed by atoms with Crippen LogP contribution >= 0.6 is 11.6 Å². The number of ether oxygens (including phenoxy) is 2. The molecule has 0 spiro atoms. The Bertz CT molecular complexity index is 599. The molecule has 2 heterocycles. The van der Waals surface area contributed by atoms with E-state index < -0.39 is 6.10 Å². The lowest BCUT2D eigenvalue weighted by molar-refractivity contribution is -0.146. The van der Waals surface area contributed by atoms with Crippen LogP contribution in [0.1, 0.15) is 12.0 Å². The molecule has 0 unspecified atom stereocenters. The van der Waals surface area contributed by atoms with Gasteiger partial charge < -0.3 is 19.2 Å². The molecule has 1 aromatic rings. The number of nitrogens with zero attached hydrogens (tertiary/aromatic N) is 2. The van der Waals surface area contributed by atoms with Crippen LogP contribution < -0.4 is 4.74 Å². The van der Waals surface area contributed by atoms with Crippen molar-refractivity contribution in [3.8, 4) is 5.75 Å². The fraction of sp³-hybridized carbons (Fsp3) is 0.467. The molecule has 118 valence electrons. The maximum absolute atomic E-state index is 12.4. The maximum atomic E-state index is 12.4. The summed E-state index contributed by atoms with van der Waals surface area (Å²) < 4.78 is 10.4. The normalized spacial score (nSPS) is 21.3. The van der Waals surface area contributed by atoms with Gasteiger partial charge in [0.2, 0.25) is 6.10 Å². The Hall–Kier alpha value is -1.79. The molecule has 22 heavy (non-hydrogen) atoms. The highest BCUT2D eigenvalue weighted by molar-refractivity contribution is 6.34. The van der Waals surface area contributed by atoms with Crippen LogP contribution in [0.3, 0.4) is 0 Å². The molecule has 0 aliphatic carbocycles. The first-order chi connectivity index (χ1) is 10.7. The third-order valence-corrected chi connectivity index (χ3v) is 4.08. The second-order valence-electron chi connectivity index (χ2n) is 5.12. The second kappa shape index (κ2) is 6.54. The van der Waals surface area contributed by atoms with Gasteiger partial charge in [0.25, 0.3) is 5.91 Å². The van der Waals surface area contributed by atoms with Crippen LogP contribution in [0, 0.1) is 0 Å².